The number of amides is 1. The molecule has 1 amide bonds. The first-order valence-corrected chi connectivity index (χ1v) is 7.84. The minimum Gasteiger partial charge on any atom is -0.497 e. The number of methoxy groups -OCH3 is 2. The molecule has 0 atom stereocenters. The maximum atomic E-state index is 12.6. The Morgan fingerprint density at radius 2 is 1.80 bits per heavy atom. The van der Waals surface area contributed by atoms with Gasteiger partial charge in [-0.05, 0) is 24.3 Å². The van der Waals surface area contributed by atoms with Gasteiger partial charge < -0.3 is 19.1 Å². The van der Waals surface area contributed by atoms with Gasteiger partial charge >= 0.3 is 0 Å². The Morgan fingerprint density at radius 3 is 2.40 bits per heavy atom. The van der Waals surface area contributed by atoms with E-state index in [-0.39, 0.29) is 11.6 Å². The summed E-state index contributed by atoms with van der Waals surface area (Å²) >= 11 is 0. The van der Waals surface area contributed by atoms with Gasteiger partial charge in [-0.25, -0.2) is 4.68 Å². The highest BCUT2D eigenvalue weighted by molar-refractivity contribution is 5.92. The zero-order valence-corrected chi connectivity index (χ0v) is 14.1. The van der Waals surface area contributed by atoms with Gasteiger partial charge in [-0.2, -0.15) is 5.10 Å². The van der Waals surface area contributed by atoms with Gasteiger partial charge in [-0.3, -0.25) is 9.59 Å². The summed E-state index contributed by atoms with van der Waals surface area (Å²) < 4.78 is 17.0. The normalized spacial score (nSPS) is 14.2. The van der Waals surface area contributed by atoms with E-state index in [0.717, 1.165) is 0 Å². The van der Waals surface area contributed by atoms with Gasteiger partial charge in [0, 0.05) is 13.1 Å². The summed E-state index contributed by atoms with van der Waals surface area (Å²) in [6, 6.07) is 8.32. The Balaban J connectivity index is 2.02. The van der Waals surface area contributed by atoms with Crippen LogP contribution >= 0.6 is 0 Å². The predicted molar refractivity (Wildman–Crippen MR) is 89.7 cm³/mol. The van der Waals surface area contributed by atoms with Crippen molar-refractivity contribution in [3.05, 3.63) is 46.2 Å². The van der Waals surface area contributed by atoms with E-state index in [9.17, 15) is 9.59 Å². The zero-order chi connectivity index (χ0) is 17.8. The first-order chi connectivity index (χ1) is 12.1. The highest BCUT2D eigenvalue weighted by atomic mass is 16.5. The van der Waals surface area contributed by atoms with E-state index in [4.69, 9.17) is 14.2 Å². The molecule has 1 aromatic heterocycles. The molecule has 1 fully saturated rings. The van der Waals surface area contributed by atoms with E-state index >= 15 is 0 Å². The summed E-state index contributed by atoms with van der Waals surface area (Å²) in [5.74, 6) is 0.528. The molecule has 1 saturated heterocycles. The Morgan fingerprint density at radius 1 is 1.12 bits per heavy atom. The van der Waals surface area contributed by atoms with E-state index in [0.29, 0.717) is 37.7 Å². The third-order valence-electron chi connectivity index (χ3n) is 3.92. The minimum atomic E-state index is -0.474. The number of carbonyl (C=O) groups excluding carboxylic acids is 1. The van der Waals surface area contributed by atoms with Crippen LogP contribution < -0.4 is 14.9 Å². The van der Waals surface area contributed by atoms with Gasteiger partial charge in [-0.15, -0.1) is 0 Å². The summed E-state index contributed by atoms with van der Waals surface area (Å²) in [7, 11) is 3.02. The number of carbonyl (C=O) groups is 1. The van der Waals surface area contributed by atoms with E-state index in [1.54, 1.807) is 36.3 Å². The molecule has 0 N–H and O–H groups in total. The van der Waals surface area contributed by atoms with Crippen LogP contribution in [0, 0.1) is 0 Å². The molecule has 2 aromatic rings. The SMILES string of the molecule is COc1ccc(-n2nc(C(=O)N3CCOCC3)c(=O)cc2OC)cc1. The first-order valence-electron chi connectivity index (χ1n) is 7.84. The standard InChI is InChI=1S/C17H19N3O5/c1-23-13-5-3-12(4-6-13)20-15(24-2)11-14(21)16(18-20)17(22)19-7-9-25-10-8-19/h3-6,11H,7-10H2,1-2H3. The van der Waals surface area contributed by atoms with Crippen LogP contribution in [-0.2, 0) is 4.74 Å². The molecule has 1 aliphatic heterocycles. The third kappa shape index (κ3) is 3.48. The van der Waals surface area contributed by atoms with Crippen molar-refractivity contribution in [3.8, 4) is 17.3 Å². The maximum absolute atomic E-state index is 12.6. The van der Waals surface area contributed by atoms with Crippen molar-refractivity contribution in [2.24, 2.45) is 0 Å². The van der Waals surface area contributed by atoms with E-state index < -0.39 is 11.3 Å². The number of nitrogens with zero attached hydrogens (tertiary/aromatic N) is 3. The minimum absolute atomic E-state index is 0.140. The fraction of sp³-hybridized carbons (Fsp3) is 0.353. The Bertz CT molecular complexity index is 810. The van der Waals surface area contributed by atoms with Crippen molar-refractivity contribution in [1.82, 2.24) is 14.7 Å². The second-order valence-electron chi connectivity index (χ2n) is 5.41. The molecule has 3 rings (SSSR count). The van der Waals surface area contributed by atoms with Crippen LogP contribution in [0.3, 0.4) is 0 Å². The number of ether oxygens (including phenoxy) is 3. The van der Waals surface area contributed by atoms with E-state index in [1.165, 1.54) is 17.9 Å². The Labute approximate surface area is 144 Å². The summed E-state index contributed by atoms with van der Waals surface area (Å²) in [5.41, 5.74) is 0.0327. The maximum Gasteiger partial charge on any atom is 0.278 e. The number of hydrogen-bond acceptors (Lipinski definition) is 6. The number of morpholine rings is 1. The lowest BCUT2D eigenvalue weighted by molar-refractivity contribution is 0.0296. The molecule has 132 valence electrons. The molecule has 1 aromatic carbocycles. The molecule has 0 unspecified atom stereocenters. The van der Waals surface area contributed by atoms with Gasteiger partial charge in [0.2, 0.25) is 11.3 Å². The first kappa shape index (κ1) is 17.0. The van der Waals surface area contributed by atoms with Crippen molar-refractivity contribution in [3.63, 3.8) is 0 Å². The van der Waals surface area contributed by atoms with Crippen LogP contribution in [0.2, 0.25) is 0 Å². The number of benzene rings is 1. The summed E-state index contributed by atoms with van der Waals surface area (Å²) in [6.07, 6.45) is 0. The van der Waals surface area contributed by atoms with Crippen molar-refractivity contribution >= 4 is 5.91 Å². The largest absolute Gasteiger partial charge is 0.497 e. The van der Waals surface area contributed by atoms with Crippen molar-refractivity contribution in [2.45, 2.75) is 0 Å². The zero-order valence-electron chi connectivity index (χ0n) is 14.1. The highest BCUT2D eigenvalue weighted by Crippen LogP contribution is 2.19. The van der Waals surface area contributed by atoms with Crippen LogP contribution in [0.15, 0.2) is 35.1 Å². The smallest absolute Gasteiger partial charge is 0.278 e. The Kier molecular flexibility index (Phi) is 4.99. The lowest BCUT2D eigenvalue weighted by Gasteiger charge is -2.26. The monoisotopic (exact) mass is 345 g/mol. The molecule has 2 heterocycles. The third-order valence-corrected chi connectivity index (χ3v) is 3.92. The molecule has 8 heteroatoms. The molecule has 0 aliphatic carbocycles. The molecular weight excluding hydrogens is 326 g/mol. The van der Waals surface area contributed by atoms with Gasteiger partial charge in [0.15, 0.2) is 5.69 Å². The van der Waals surface area contributed by atoms with Crippen LogP contribution in [0.25, 0.3) is 5.69 Å². The topological polar surface area (TPSA) is 82.9 Å². The number of hydrogen-bond donors (Lipinski definition) is 0. The lowest BCUT2D eigenvalue weighted by atomic mass is 10.2. The molecule has 0 saturated carbocycles. The van der Waals surface area contributed by atoms with E-state index in [2.05, 4.69) is 5.10 Å². The van der Waals surface area contributed by atoms with Crippen molar-refractivity contribution in [1.29, 1.82) is 0 Å². The van der Waals surface area contributed by atoms with Crippen molar-refractivity contribution in [2.75, 3.05) is 40.5 Å². The van der Waals surface area contributed by atoms with Crippen LogP contribution in [-0.4, -0.2) is 61.1 Å². The van der Waals surface area contributed by atoms with Crippen LogP contribution in [0.5, 0.6) is 11.6 Å². The predicted octanol–water partition coefficient (Wildman–Crippen LogP) is 0.722. The van der Waals surface area contributed by atoms with Gasteiger partial charge in [0.25, 0.3) is 5.91 Å². The molecule has 0 spiro atoms. The van der Waals surface area contributed by atoms with Gasteiger partial charge in [0.1, 0.15) is 5.75 Å². The fourth-order valence-corrected chi connectivity index (χ4v) is 2.56. The number of rotatable bonds is 4. The van der Waals surface area contributed by atoms with Crippen LogP contribution in [0.1, 0.15) is 10.5 Å². The molecule has 8 nitrogen and oxygen atoms in total. The summed E-state index contributed by atoms with van der Waals surface area (Å²) in [6.45, 7) is 1.78. The second kappa shape index (κ2) is 7.35. The molecule has 1 aliphatic rings. The average Bonchev–Trinajstić information content (AvgIpc) is 2.68. The molecular formula is C17H19N3O5. The summed E-state index contributed by atoms with van der Waals surface area (Å²) in [4.78, 5) is 26.5. The molecule has 0 bridgehead atoms. The highest BCUT2D eigenvalue weighted by Gasteiger charge is 2.24. The molecule has 0 radical (unpaired) electrons. The second-order valence-corrected chi connectivity index (χ2v) is 5.41. The Hall–Kier alpha value is -2.87. The lowest BCUT2D eigenvalue weighted by Crippen LogP contribution is -2.43. The van der Waals surface area contributed by atoms with Crippen molar-refractivity contribution < 1.29 is 19.0 Å². The van der Waals surface area contributed by atoms with Gasteiger partial charge in [-0.1, -0.05) is 0 Å². The quantitative estimate of drug-likeness (QED) is 0.812. The average molecular weight is 345 g/mol. The van der Waals surface area contributed by atoms with Crippen LogP contribution in [0.4, 0.5) is 0 Å². The fourth-order valence-electron chi connectivity index (χ4n) is 2.56. The number of aromatic nitrogens is 2. The van der Waals surface area contributed by atoms with Gasteiger partial charge in [0.05, 0.1) is 39.2 Å². The van der Waals surface area contributed by atoms with E-state index in [1.807, 2.05) is 0 Å². The molecule has 25 heavy (non-hydrogen) atoms. The summed E-state index contributed by atoms with van der Waals surface area (Å²) in [5, 5.41) is 4.25.